The van der Waals surface area contributed by atoms with Crippen LogP contribution in [-0.4, -0.2) is 22.1 Å². The molecule has 6 heteroatoms. The van der Waals surface area contributed by atoms with Crippen molar-refractivity contribution < 1.29 is 4.79 Å². The molecule has 0 aliphatic heterocycles. The number of anilines is 1. The van der Waals surface area contributed by atoms with Crippen molar-refractivity contribution in [2.45, 2.75) is 26.8 Å². The molecule has 1 heterocycles. The van der Waals surface area contributed by atoms with E-state index in [9.17, 15) is 4.79 Å². The molecule has 0 spiro atoms. The molecule has 1 aromatic heterocycles. The van der Waals surface area contributed by atoms with Crippen molar-refractivity contribution in [3.63, 3.8) is 0 Å². The van der Waals surface area contributed by atoms with E-state index < -0.39 is 6.04 Å². The Hall–Kier alpha value is -1.01. The Morgan fingerprint density at radius 3 is 2.57 bits per heavy atom. The molecule has 0 saturated carbocycles. The van der Waals surface area contributed by atoms with Crippen LogP contribution in [0.15, 0.2) is 0 Å². The van der Waals surface area contributed by atoms with Gasteiger partial charge in [-0.3, -0.25) is 10.1 Å². The summed E-state index contributed by atoms with van der Waals surface area (Å²) in [6, 6.07) is -0.501. The van der Waals surface area contributed by atoms with Gasteiger partial charge in [0.25, 0.3) is 0 Å². The van der Waals surface area contributed by atoms with Crippen molar-refractivity contribution in [1.82, 2.24) is 10.2 Å². The van der Waals surface area contributed by atoms with Gasteiger partial charge in [-0.1, -0.05) is 25.2 Å². The van der Waals surface area contributed by atoms with Gasteiger partial charge in [-0.05, 0) is 12.8 Å². The van der Waals surface area contributed by atoms with Gasteiger partial charge in [-0.2, -0.15) is 0 Å². The predicted molar refractivity (Wildman–Crippen MR) is 56.1 cm³/mol. The summed E-state index contributed by atoms with van der Waals surface area (Å²) in [6.07, 6.45) is 0. The molecule has 78 valence electrons. The monoisotopic (exact) mass is 214 g/mol. The second-order valence-electron chi connectivity index (χ2n) is 3.39. The van der Waals surface area contributed by atoms with Crippen LogP contribution in [0, 0.1) is 12.8 Å². The van der Waals surface area contributed by atoms with Crippen molar-refractivity contribution in [2.75, 3.05) is 5.32 Å². The number of amides is 1. The minimum absolute atomic E-state index is 0.115. The summed E-state index contributed by atoms with van der Waals surface area (Å²) in [6.45, 7) is 5.63. The summed E-state index contributed by atoms with van der Waals surface area (Å²) < 4.78 is 0. The van der Waals surface area contributed by atoms with Crippen LogP contribution in [0.2, 0.25) is 0 Å². The minimum Gasteiger partial charge on any atom is -0.320 e. The molecule has 1 amide bonds. The zero-order valence-corrected chi connectivity index (χ0v) is 9.26. The van der Waals surface area contributed by atoms with Gasteiger partial charge in [-0.15, -0.1) is 10.2 Å². The van der Waals surface area contributed by atoms with Gasteiger partial charge in [0, 0.05) is 0 Å². The lowest BCUT2D eigenvalue weighted by atomic mass is 10.1. The SMILES string of the molecule is Cc1nnc(NC(=O)[C@@H](N)C(C)C)s1. The lowest BCUT2D eigenvalue weighted by Crippen LogP contribution is -2.39. The van der Waals surface area contributed by atoms with Crippen LogP contribution in [0.3, 0.4) is 0 Å². The van der Waals surface area contributed by atoms with Gasteiger partial charge in [0.2, 0.25) is 11.0 Å². The molecule has 1 atom stereocenters. The highest BCUT2D eigenvalue weighted by Crippen LogP contribution is 2.14. The first kappa shape index (κ1) is 11.1. The first-order chi connectivity index (χ1) is 6.50. The van der Waals surface area contributed by atoms with Crippen LogP contribution in [0.4, 0.5) is 5.13 Å². The number of aryl methyl sites for hydroxylation is 1. The van der Waals surface area contributed by atoms with Crippen LogP contribution in [0.1, 0.15) is 18.9 Å². The maximum Gasteiger partial charge on any atom is 0.243 e. The van der Waals surface area contributed by atoms with Crippen LogP contribution >= 0.6 is 11.3 Å². The fourth-order valence-electron chi connectivity index (χ4n) is 0.839. The van der Waals surface area contributed by atoms with E-state index in [1.807, 2.05) is 20.8 Å². The summed E-state index contributed by atoms with van der Waals surface area (Å²) in [7, 11) is 0. The lowest BCUT2D eigenvalue weighted by molar-refractivity contribution is -0.118. The van der Waals surface area contributed by atoms with Crippen LogP contribution in [-0.2, 0) is 4.79 Å². The number of rotatable bonds is 3. The van der Waals surface area contributed by atoms with Gasteiger partial charge < -0.3 is 5.73 Å². The van der Waals surface area contributed by atoms with Crippen LogP contribution in [0.5, 0.6) is 0 Å². The van der Waals surface area contributed by atoms with E-state index in [0.29, 0.717) is 5.13 Å². The number of nitrogens with one attached hydrogen (secondary N) is 1. The van der Waals surface area contributed by atoms with Crippen molar-refractivity contribution >= 4 is 22.4 Å². The average Bonchev–Trinajstić information content (AvgIpc) is 2.49. The highest BCUT2D eigenvalue weighted by atomic mass is 32.1. The van der Waals surface area contributed by atoms with E-state index in [0.717, 1.165) is 5.01 Å². The Kier molecular flexibility index (Phi) is 3.54. The largest absolute Gasteiger partial charge is 0.320 e. The molecule has 1 aromatic rings. The highest BCUT2D eigenvalue weighted by molar-refractivity contribution is 7.15. The number of nitrogens with two attached hydrogens (primary N) is 1. The Morgan fingerprint density at radius 1 is 1.50 bits per heavy atom. The standard InChI is InChI=1S/C8H14N4OS/c1-4(2)6(9)7(13)10-8-12-11-5(3)14-8/h4,6H,9H2,1-3H3,(H,10,12,13)/t6-/m0/s1. The summed E-state index contributed by atoms with van der Waals surface area (Å²) in [5, 5.41) is 11.5. The molecule has 0 aliphatic carbocycles. The van der Waals surface area contributed by atoms with Gasteiger partial charge >= 0.3 is 0 Å². The minimum atomic E-state index is -0.501. The molecule has 0 aliphatic rings. The van der Waals surface area contributed by atoms with E-state index >= 15 is 0 Å². The number of nitrogens with zero attached hydrogens (tertiary/aromatic N) is 2. The summed E-state index contributed by atoms with van der Waals surface area (Å²) >= 11 is 1.34. The Morgan fingerprint density at radius 2 is 2.14 bits per heavy atom. The van der Waals surface area contributed by atoms with Gasteiger partial charge in [0.1, 0.15) is 5.01 Å². The quantitative estimate of drug-likeness (QED) is 0.778. The maximum absolute atomic E-state index is 11.5. The molecule has 0 fully saturated rings. The number of carbonyl (C=O) groups is 1. The molecule has 0 saturated heterocycles. The van der Waals surface area contributed by atoms with E-state index in [-0.39, 0.29) is 11.8 Å². The first-order valence-electron chi connectivity index (χ1n) is 4.37. The fraction of sp³-hybridized carbons (Fsp3) is 0.625. The number of aromatic nitrogens is 2. The zero-order valence-electron chi connectivity index (χ0n) is 8.44. The smallest absolute Gasteiger partial charge is 0.243 e. The normalized spacial score (nSPS) is 12.9. The van der Waals surface area contributed by atoms with Crippen molar-refractivity contribution in [1.29, 1.82) is 0 Å². The van der Waals surface area contributed by atoms with Crippen LogP contribution < -0.4 is 11.1 Å². The topological polar surface area (TPSA) is 80.9 Å². The molecular weight excluding hydrogens is 200 g/mol. The van der Waals surface area contributed by atoms with Crippen LogP contribution in [0.25, 0.3) is 0 Å². The molecule has 1 rings (SSSR count). The van der Waals surface area contributed by atoms with Crippen molar-refractivity contribution in [3.05, 3.63) is 5.01 Å². The second kappa shape index (κ2) is 4.47. The fourth-order valence-corrected chi connectivity index (χ4v) is 1.43. The van der Waals surface area contributed by atoms with Gasteiger partial charge in [-0.25, -0.2) is 0 Å². The first-order valence-corrected chi connectivity index (χ1v) is 5.19. The summed E-state index contributed by atoms with van der Waals surface area (Å²) in [5.74, 6) is -0.0971. The number of hydrogen-bond donors (Lipinski definition) is 2. The van der Waals surface area contributed by atoms with E-state index in [1.54, 1.807) is 0 Å². The lowest BCUT2D eigenvalue weighted by Gasteiger charge is -2.13. The van der Waals surface area contributed by atoms with Crippen molar-refractivity contribution in [3.8, 4) is 0 Å². The average molecular weight is 214 g/mol. The molecular formula is C8H14N4OS. The van der Waals surface area contributed by atoms with Gasteiger partial charge in [0.15, 0.2) is 0 Å². The molecule has 0 radical (unpaired) electrons. The number of hydrogen-bond acceptors (Lipinski definition) is 5. The van der Waals surface area contributed by atoms with E-state index in [2.05, 4.69) is 15.5 Å². The second-order valence-corrected chi connectivity index (χ2v) is 4.57. The highest BCUT2D eigenvalue weighted by Gasteiger charge is 2.18. The molecule has 0 unspecified atom stereocenters. The molecule has 3 N–H and O–H groups in total. The summed E-state index contributed by atoms with van der Waals surface area (Å²) in [5.41, 5.74) is 5.66. The molecule has 0 aromatic carbocycles. The summed E-state index contributed by atoms with van der Waals surface area (Å²) in [4.78, 5) is 11.5. The van der Waals surface area contributed by atoms with E-state index in [1.165, 1.54) is 11.3 Å². The Labute approximate surface area is 86.7 Å². The van der Waals surface area contributed by atoms with Crippen molar-refractivity contribution in [2.24, 2.45) is 11.7 Å². The third-order valence-electron chi connectivity index (χ3n) is 1.78. The zero-order chi connectivity index (χ0) is 10.7. The van der Waals surface area contributed by atoms with E-state index in [4.69, 9.17) is 5.73 Å². The predicted octanol–water partition coefficient (Wildman–Crippen LogP) is 0.768. The number of carbonyl (C=O) groups excluding carboxylic acids is 1. The molecule has 0 bridgehead atoms. The maximum atomic E-state index is 11.5. The molecule has 14 heavy (non-hydrogen) atoms. The third kappa shape index (κ3) is 2.74. The molecule has 5 nitrogen and oxygen atoms in total. The third-order valence-corrected chi connectivity index (χ3v) is 2.53. The Balaban J connectivity index is 2.57. The van der Waals surface area contributed by atoms with Gasteiger partial charge in [0.05, 0.1) is 6.04 Å². The Bertz CT molecular complexity index is 323.